The van der Waals surface area contributed by atoms with Gasteiger partial charge in [0.2, 0.25) is 5.91 Å². The van der Waals surface area contributed by atoms with Crippen molar-refractivity contribution >= 4 is 27.5 Å². The molecule has 0 atom stereocenters. The van der Waals surface area contributed by atoms with Crippen molar-refractivity contribution in [2.75, 3.05) is 11.4 Å². The zero-order valence-corrected chi connectivity index (χ0v) is 9.62. The SMILES string of the molecule is N#Cc1ccc(Br)cc1N1CCCC1=O. The number of amides is 1. The lowest BCUT2D eigenvalue weighted by molar-refractivity contribution is -0.117. The van der Waals surface area contributed by atoms with E-state index in [1.54, 1.807) is 11.0 Å². The Morgan fingerprint density at radius 3 is 2.87 bits per heavy atom. The molecular weight excluding hydrogens is 256 g/mol. The van der Waals surface area contributed by atoms with Gasteiger partial charge in [-0.25, -0.2) is 0 Å². The van der Waals surface area contributed by atoms with Crippen LogP contribution in [0.4, 0.5) is 5.69 Å². The van der Waals surface area contributed by atoms with E-state index in [2.05, 4.69) is 22.0 Å². The molecule has 76 valence electrons. The van der Waals surface area contributed by atoms with Crippen LogP contribution in [0.25, 0.3) is 0 Å². The first-order chi connectivity index (χ1) is 7.22. The lowest BCUT2D eigenvalue weighted by Crippen LogP contribution is -2.24. The fourth-order valence-electron chi connectivity index (χ4n) is 1.73. The highest BCUT2D eigenvalue weighted by Crippen LogP contribution is 2.28. The molecule has 0 unspecified atom stereocenters. The van der Waals surface area contributed by atoms with Crippen molar-refractivity contribution in [3.63, 3.8) is 0 Å². The highest BCUT2D eigenvalue weighted by atomic mass is 79.9. The molecule has 1 aliphatic heterocycles. The van der Waals surface area contributed by atoms with Gasteiger partial charge in [0.1, 0.15) is 6.07 Å². The van der Waals surface area contributed by atoms with Crippen LogP contribution < -0.4 is 4.90 Å². The molecule has 1 amide bonds. The minimum atomic E-state index is 0.101. The quantitative estimate of drug-likeness (QED) is 0.782. The van der Waals surface area contributed by atoms with Crippen LogP contribution in [0.15, 0.2) is 22.7 Å². The van der Waals surface area contributed by atoms with Crippen LogP contribution in [0.3, 0.4) is 0 Å². The van der Waals surface area contributed by atoms with E-state index in [9.17, 15) is 4.79 Å². The molecule has 0 saturated carbocycles. The van der Waals surface area contributed by atoms with Gasteiger partial charge in [0.25, 0.3) is 0 Å². The van der Waals surface area contributed by atoms with E-state index in [1.807, 2.05) is 12.1 Å². The Hall–Kier alpha value is -1.34. The van der Waals surface area contributed by atoms with Gasteiger partial charge in [0.05, 0.1) is 11.3 Å². The van der Waals surface area contributed by atoms with E-state index in [0.29, 0.717) is 18.5 Å². The maximum atomic E-state index is 11.6. The predicted octanol–water partition coefficient (Wildman–Crippen LogP) is 2.45. The molecule has 0 aromatic heterocycles. The summed E-state index contributed by atoms with van der Waals surface area (Å²) in [6, 6.07) is 7.46. The third kappa shape index (κ3) is 1.88. The van der Waals surface area contributed by atoms with E-state index in [0.717, 1.165) is 16.6 Å². The summed E-state index contributed by atoms with van der Waals surface area (Å²) < 4.78 is 0.885. The van der Waals surface area contributed by atoms with Gasteiger partial charge in [-0.2, -0.15) is 5.26 Å². The van der Waals surface area contributed by atoms with E-state index < -0.39 is 0 Å². The number of nitriles is 1. The van der Waals surface area contributed by atoms with Crippen molar-refractivity contribution in [2.24, 2.45) is 0 Å². The first-order valence-corrected chi connectivity index (χ1v) is 5.51. The molecule has 0 bridgehead atoms. The molecule has 15 heavy (non-hydrogen) atoms. The van der Waals surface area contributed by atoms with Crippen molar-refractivity contribution in [3.8, 4) is 6.07 Å². The van der Waals surface area contributed by atoms with E-state index in [4.69, 9.17) is 5.26 Å². The lowest BCUT2D eigenvalue weighted by atomic mass is 10.2. The van der Waals surface area contributed by atoms with Crippen LogP contribution in [0, 0.1) is 11.3 Å². The van der Waals surface area contributed by atoms with Gasteiger partial charge in [-0.3, -0.25) is 4.79 Å². The van der Waals surface area contributed by atoms with Crippen LogP contribution in [-0.2, 0) is 4.79 Å². The van der Waals surface area contributed by atoms with Crippen LogP contribution in [0.2, 0.25) is 0 Å². The molecule has 1 heterocycles. The topological polar surface area (TPSA) is 44.1 Å². The zero-order chi connectivity index (χ0) is 10.8. The summed E-state index contributed by atoms with van der Waals surface area (Å²) in [6.07, 6.45) is 1.45. The molecule has 1 aromatic carbocycles. The number of benzene rings is 1. The molecule has 4 heteroatoms. The first kappa shape index (κ1) is 10.2. The van der Waals surface area contributed by atoms with Crippen LogP contribution >= 0.6 is 15.9 Å². The Balaban J connectivity index is 2.46. The number of anilines is 1. The first-order valence-electron chi connectivity index (χ1n) is 4.72. The Morgan fingerprint density at radius 2 is 2.27 bits per heavy atom. The van der Waals surface area contributed by atoms with Crippen LogP contribution in [0.1, 0.15) is 18.4 Å². The summed E-state index contributed by atoms with van der Waals surface area (Å²) in [5.41, 5.74) is 1.27. The summed E-state index contributed by atoms with van der Waals surface area (Å²) in [7, 11) is 0. The Kier molecular flexibility index (Phi) is 2.74. The number of nitrogens with zero attached hydrogens (tertiary/aromatic N) is 2. The average molecular weight is 265 g/mol. The Morgan fingerprint density at radius 1 is 1.47 bits per heavy atom. The van der Waals surface area contributed by atoms with Crippen molar-refractivity contribution < 1.29 is 4.79 Å². The monoisotopic (exact) mass is 264 g/mol. The van der Waals surface area contributed by atoms with Crippen molar-refractivity contribution in [3.05, 3.63) is 28.2 Å². The Labute approximate surface area is 96.4 Å². The van der Waals surface area contributed by atoms with Crippen LogP contribution in [0.5, 0.6) is 0 Å². The summed E-state index contributed by atoms with van der Waals surface area (Å²) in [5, 5.41) is 8.95. The van der Waals surface area contributed by atoms with Crippen molar-refractivity contribution in [2.45, 2.75) is 12.8 Å². The van der Waals surface area contributed by atoms with E-state index >= 15 is 0 Å². The van der Waals surface area contributed by atoms with Gasteiger partial charge in [0, 0.05) is 17.4 Å². The number of hydrogen-bond donors (Lipinski definition) is 0. The van der Waals surface area contributed by atoms with Crippen molar-refractivity contribution in [1.29, 1.82) is 5.26 Å². The molecule has 1 aliphatic rings. The molecular formula is C11H9BrN2O. The fourth-order valence-corrected chi connectivity index (χ4v) is 2.07. The van der Waals surface area contributed by atoms with Crippen LogP contribution in [-0.4, -0.2) is 12.5 Å². The second-order valence-corrected chi connectivity index (χ2v) is 4.34. The normalized spacial score (nSPS) is 15.5. The van der Waals surface area contributed by atoms with Gasteiger partial charge >= 0.3 is 0 Å². The van der Waals surface area contributed by atoms with Gasteiger partial charge in [-0.05, 0) is 24.6 Å². The Bertz CT molecular complexity index is 450. The zero-order valence-electron chi connectivity index (χ0n) is 8.03. The third-order valence-electron chi connectivity index (χ3n) is 2.44. The number of carbonyl (C=O) groups excluding carboxylic acids is 1. The number of carbonyl (C=O) groups is 1. The molecule has 0 radical (unpaired) electrons. The van der Waals surface area contributed by atoms with Gasteiger partial charge in [-0.15, -0.1) is 0 Å². The maximum absolute atomic E-state index is 11.6. The summed E-state index contributed by atoms with van der Waals surface area (Å²) in [6.45, 7) is 0.712. The minimum absolute atomic E-state index is 0.101. The lowest BCUT2D eigenvalue weighted by Gasteiger charge is -2.17. The average Bonchev–Trinajstić information content (AvgIpc) is 2.64. The van der Waals surface area contributed by atoms with E-state index in [-0.39, 0.29) is 5.91 Å². The minimum Gasteiger partial charge on any atom is -0.311 e. The number of halogens is 1. The largest absolute Gasteiger partial charge is 0.311 e. The summed E-state index contributed by atoms with van der Waals surface area (Å²) in [5.74, 6) is 0.101. The highest BCUT2D eigenvalue weighted by molar-refractivity contribution is 9.10. The second kappa shape index (κ2) is 4.03. The van der Waals surface area contributed by atoms with Gasteiger partial charge < -0.3 is 4.90 Å². The van der Waals surface area contributed by atoms with E-state index in [1.165, 1.54) is 0 Å². The van der Waals surface area contributed by atoms with Gasteiger partial charge in [0.15, 0.2) is 0 Å². The maximum Gasteiger partial charge on any atom is 0.227 e. The molecule has 1 fully saturated rings. The molecule has 0 N–H and O–H groups in total. The smallest absolute Gasteiger partial charge is 0.227 e. The highest BCUT2D eigenvalue weighted by Gasteiger charge is 2.23. The third-order valence-corrected chi connectivity index (χ3v) is 2.94. The molecule has 2 rings (SSSR count). The molecule has 0 aliphatic carbocycles. The molecule has 1 saturated heterocycles. The van der Waals surface area contributed by atoms with Gasteiger partial charge in [-0.1, -0.05) is 15.9 Å². The summed E-state index contributed by atoms with van der Waals surface area (Å²) in [4.78, 5) is 13.2. The molecule has 1 aromatic rings. The summed E-state index contributed by atoms with van der Waals surface area (Å²) >= 11 is 3.35. The predicted molar refractivity (Wildman–Crippen MR) is 60.4 cm³/mol. The fraction of sp³-hybridized carbons (Fsp3) is 0.273. The number of rotatable bonds is 1. The number of hydrogen-bond acceptors (Lipinski definition) is 2. The second-order valence-electron chi connectivity index (χ2n) is 3.42. The molecule has 0 spiro atoms. The molecule has 3 nitrogen and oxygen atoms in total. The standard InChI is InChI=1S/C11H9BrN2O/c12-9-4-3-8(7-13)10(6-9)14-5-1-2-11(14)15/h3-4,6H,1-2,5H2. The van der Waals surface area contributed by atoms with Crippen molar-refractivity contribution in [1.82, 2.24) is 0 Å².